The predicted molar refractivity (Wildman–Crippen MR) is 96.1 cm³/mol. The second kappa shape index (κ2) is 7.81. The van der Waals surface area contributed by atoms with Crippen LogP contribution in [0.25, 0.3) is 17.0 Å². The molecule has 0 radical (unpaired) electrons. The van der Waals surface area contributed by atoms with Crippen molar-refractivity contribution < 1.29 is 14.3 Å². The maximum Gasteiger partial charge on any atom is 0.330 e. The SMILES string of the molecule is CCCCOC(=O)/C=C/c1cc2cccc(C)c2n1C(=O)N(C)C. The lowest BCUT2D eigenvalue weighted by molar-refractivity contribution is -0.137. The fourth-order valence-corrected chi connectivity index (χ4v) is 2.50. The van der Waals surface area contributed by atoms with Crippen molar-refractivity contribution in [3.8, 4) is 0 Å². The van der Waals surface area contributed by atoms with Crippen molar-refractivity contribution in [3.05, 3.63) is 41.6 Å². The highest BCUT2D eigenvalue weighted by Crippen LogP contribution is 2.24. The molecule has 0 aliphatic rings. The molecule has 1 heterocycles. The Morgan fingerprint density at radius 3 is 2.71 bits per heavy atom. The van der Waals surface area contributed by atoms with Gasteiger partial charge in [-0.1, -0.05) is 31.5 Å². The van der Waals surface area contributed by atoms with Gasteiger partial charge in [0.1, 0.15) is 0 Å². The number of rotatable bonds is 5. The summed E-state index contributed by atoms with van der Waals surface area (Å²) >= 11 is 0. The largest absolute Gasteiger partial charge is 0.463 e. The van der Waals surface area contributed by atoms with E-state index in [4.69, 9.17) is 4.74 Å². The Morgan fingerprint density at radius 1 is 1.29 bits per heavy atom. The number of para-hydroxylation sites is 1. The molecule has 0 atom stereocenters. The first-order valence-electron chi connectivity index (χ1n) is 8.13. The van der Waals surface area contributed by atoms with Crippen LogP contribution in [-0.4, -0.2) is 42.2 Å². The van der Waals surface area contributed by atoms with Gasteiger partial charge in [0.25, 0.3) is 0 Å². The minimum absolute atomic E-state index is 0.154. The Bertz CT molecular complexity index is 772. The molecule has 1 amide bonds. The van der Waals surface area contributed by atoms with Crippen molar-refractivity contribution in [2.45, 2.75) is 26.7 Å². The number of fused-ring (bicyclic) bond motifs is 1. The van der Waals surface area contributed by atoms with Crippen LogP contribution in [0.4, 0.5) is 4.79 Å². The molecule has 2 rings (SSSR count). The second-order valence-electron chi connectivity index (χ2n) is 5.95. The van der Waals surface area contributed by atoms with Crippen molar-refractivity contribution in [2.24, 2.45) is 0 Å². The molecule has 1 aromatic heterocycles. The molecule has 0 unspecified atom stereocenters. The topological polar surface area (TPSA) is 51.5 Å². The zero-order valence-corrected chi connectivity index (χ0v) is 14.7. The number of benzene rings is 1. The number of amides is 1. The third kappa shape index (κ3) is 3.85. The molecule has 0 aliphatic heterocycles. The maximum absolute atomic E-state index is 12.6. The van der Waals surface area contributed by atoms with Gasteiger partial charge in [-0.3, -0.25) is 4.57 Å². The lowest BCUT2D eigenvalue weighted by Crippen LogP contribution is -2.28. The fraction of sp³-hybridized carbons (Fsp3) is 0.368. The van der Waals surface area contributed by atoms with Gasteiger partial charge in [0.05, 0.1) is 17.8 Å². The van der Waals surface area contributed by atoms with Crippen molar-refractivity contribution in [2.75, 3.05) is 20.7 Å². The zero-order valence-electron chi connectivity index (χ0n) is 14.7. The monoisotopic (exact) mass is 328 g/mol. The predicted octanol–water partition coefficient (Wildman–Crippen LogP) is 3.84. The van der Waals surface area contributed by atoms with Crippen molar-refractivity contribution in [1.82, 2.24) is 9.47 Å². The summed E-state index contributed by atoms with van der Waals surface area (Å²) in [4.78, 5) is 25.9. The van der Waals surface area contributed by atoms with Crippen LogP contribution in [0.2, 0.25) is 0 Å². The molecule has 0 aliphatic carbocycles. The van der Waals surface area contributed by atoms with Crippen LogP contribution in [0.3, 0.4) is 0 Å². The molecule has 2 aromatic rings. The van der Waals surface area contributed by atoms with Crippen molar-refractivity contribution >= 4 is 29.0 Å². The normalized spacial score (nSPS) is 11.2. The summed E-state index contributed by atoms with van der Waals surface area (Å²) < 4.78 is 6.74. The molecular weight excluding hydrogens is 304 g/mol. The number of unbranched alkanes of at least 4 members (excludes halogenated alkanes) is 1. The fourth-order valence-electron chi connectivity index (χ4n) is 2.50. The van der Waals surface area contributed by atoms with E-state index < -0.39 is 5.97 Å². The molecule has 0 fully saturated rings. The smallest absolute Gasteiger partial charge is 0.330 e. The van der Waals surface area contributed by atoms with Gasteiger partial charge in [-0.25, -0.2) is 9.59 Å². The van der Waals surface area contributed by atoms with Gasteiger partial charge < -0.3 is 9.64 Å². The number of carbonyl (C=O) groups excluding carboxylic acids is 2. The Morgan fingerprint density at radius 2 is 2.04 bits per heavy atom. The number of ether oxygens (including phenoxy) is 1. The highest BCUT2D eigenvalue weighted by molar-refractivity contribution is 5.97. The number of esters is 1. The highest BCUT2D eigenvalue weighted by Gasteiger charge is 2.16. The molecule has 0 saturated heterocycles. The molecule has 128 valence electrons. The number of hydrogen-bond acceptors (Lipinski definition) is 3. The van der Waals surface area contributed by atoms with E-state index >= 15 is 0 Å². The van der Waals surface area contributed by atoms with E-state index in [1.807, 2.05) is 38.1 Å². The van der Waals surface area contributed by atoms with E-state index in [-0.39, 0.29) is 6.03 Å². The van der Waals surface area contributed by atoms with E-state index in [2.05, 4.69) is 0 Å². The lowest BCUT2D eigenvalue weighted by Gasteiger charge is -2.14. The summed E-state index contributed by atoms with van der Waals surface area (Å²) in [5.41, 5.74) is 2.52. The highest BCUT2D eigenvalue weighted by atomic mass is 16.5. The Hall–Kier alpha value is -2.56. The quantitative estimate of drug-likeness (QED) is 0.476. The van der Waals surface area contributed by atoms with Gasteiger partial charge in [0, 0.05) is 25.6 Å². The summed E-state index contributed by atoms with van der Waals surface area (Å²) in [6, 6.07) is 7.62. The molecule has 0 spiro atoms. The zero-order chi connectivity index (χ0) is 17.7. The Labute approximate surface area is 142 Å². The van der Waals surface area contributed by atoms with Gasteiger partial charge in [0.2, 0.25) is 0 Å². The minimum atomic E-state index is -0.394. The molecule has 5 heteroatoms. The molecular formula is C19H24N2O3. The average Bonchev–Trinajstić information content (AvgIpc) is 2.92. The van der Waals surface area contributed by atoms with E-state index in [9.17, 15) is 9.59 Å². The maximum atomic E-state index is 12.6. The summed E-state index contributed by atoms with van der Waals surface area (Å²) in [6.07, 6.45) is 4.83. The number of aryl methyl sites for hydroxylation is 1. The van der Waals surface area contributed by atoms with Crippen LogP contribution in [0.1, 0.15) is 31.0 Å². The molecule has 0 saturated carbocycles. The van der Waals surface area contributed by atoms with Gasteiger partial charge >= 0.3 is 12.0 Å². The first kappa shape index (κ1) is 17.8. The summed E-state index contributed by atoms with van der Waals surface area (Å²) in [5.74, 6) is -0.394. The van der Waals surface area contributed by atoms with Gasteiger partial charge in [0.15, 0.2) is 0 Å². The molecule has 5 nitrogen and oxygen atoms in total. The van der Waals surface area contributed by atoms with Crippen LogP contribution in [0, 0.1) is 6.92 Å². The number of carbonyl (C=O) groups is 2. The Balaban J connectivity index is 2.39. The van der Waals surface area contributed by atoms with E-state index in [0.717, 1.165) is 29.3 Å². The summed E-state index contributed by atoms with van der Waals surface area (Å²) in [5, 5.41) is 0.962. The van der Waals surface area contributed by atoms with Gasteiger partial charge in [-0.2, -0.15) is 0 Å². The Kier molecular flexibility index (Phi) is 5.79. The summed E-state index contributed by atoms with van der Waals surface area (Å²) in [6.45, 7) is 4.42. The van der Waals surface area contributed by atoms with Gasteiger partial charge in [-0.15, -0.1) is 0 Å². The van der Waals surface area contributed by atoms with Crippen LogP contribution < -0.4 is 0 Å². The van der Waals surface area contributed by atoms with Gasteiger partial charge in [-0.05, 0) is 31.1 Å². The molecule has 1 aromatic carbocycles. The number of aromatic nitrogens is 1. The van der Waals surface area contributed by atoms with E-state index in [0.29, 0.717) is 12.3 Å². The van der Waals surface area contributed by atoms with Crippen molar-refractivity contribution in [1.29, 1.82) is 0 Å². The second-order valence-corrected chi connectivity index (χ2v) is 5.95. The molecule has 0 bridgehead atoms. The number of nitrogens with zero attached hydrogens (tertiary/aromatic N) is 2. The van der Waals surface area contributed by atoms with E-state index in [1.54, 1.807) is 24.7 Å². The molecule has 24 heavy (non-hydrogen) atoms. The van der Waals surface area contributed by atoms with Crippen LogP contribution >= 0.6 is 0 Å². The number of hydrogen-bond donors (Lipinski definition) is 0. The van der Waals surface area contributed by atoms with E-state index in [1.165, 1.54) is 11.0 Å². The third-order valence-electron chi connectivity index (χ3n) is 3.76. The first-order valence-corrected chi connectivity index (χ1v) is 8.13. The standard InChI is InChI=1S/C19H24N2O3/c1-5-6-12-24-17(22)11-10-16-13-15-9-7-8-14(2)18(15)21(16)19(23)20(3)4/h7-11,13H,5-6,12H2,1-4H3/b11-10+. The lowest BCUT2D eigenvalue weighted by atomic mass is 10.2. The minimum Gasteiger partial charge on any atom is -0.463 e. The van der Waals surface area contributed by atoms with Crippen LogP contribution in [0.15, 0.2) is 30.3 Å². The third-order valence-corrected chi connectivity index (χ3v) is 3.76. The summed E-state index contributed by atoms with van der Waals surface area (Å²) in [7, 11) is 3.41. The van der Waals surface area contributed by atoms with Crippen LogP contribution in [0.5, 0.6) is 0 Å². The first-order chi connectivity index (χ1) is 11.5. The average molecular weight is 328 g/mol. The van der Waals surface area contributed by atoms with Crippen LogP contribution in [-0.2, 0) is 9.53 Å². The van der Waals surface area contributed by atoms with Crippen molar-refractivity contribution in [3.63, 3.8) is 0 Å². The molecule has 0 N–H and O–H groups in total.